The Kier molecular flexibility index (Phi) is 4.66. The molecule has 1 atom stereocenters. The van der Waals surface area contributed by atoms with E-state index in [9.17, 15) is 18.0 Å². The predicted molar refractivity (Wildman–Crippen MR) is 86.2 cm³/mol. The minimum atomic E-state index is -4.27. The molecule has 0 aliphatic carbocycles. The second-order valence-electron chi connectivity index (χ2n) is 6.31. The van der Waals surface area contributed by atoms with Crippen LogP contribution >= 0.6 is 22.6 Å². The lowest BCUT2D eigenvalue weighted by molar-refractivity contribution is -0.138. The molecule has 1 aliphatic heterocycles. The van der Waals surface area contributed by atoms with Crippen LogP contribution in [0.3, 0.4) is 0 Å². The molecule has 1 amide bonds. The summed E-state index contributed by atoms with van der Waals surface area (Å²) < 4.78 is 44.4. The zero-order valence-electron chi connectivity index (χ0n) is 12.5. The van der Waals surface area contributed by atoms with Crippen LogP contribution in [0.4, 0.5) is 23.7 Å². The van der Waals surface area contributed by atoms with E-state index in [-0.39, 0.29) is 6.54 Å². The van der Waals surface area contributed by atoms with Crippen molar-refractivity contribution in [3.8, 4) is 0 Å². The molecular weight excluding hydrogens is 410 g/mol. The van der Waals surface area contributed by atoms with Crippen LogP contribution < -0.4 is 4.90 Å². The van der Waals surface area contributed by atoms with Crippen LogP contribution in [0.15, 0.2) is 18.2 Å². The summed E-state index contributed by atoms with van der Waals surface area (Å²) in [7, 11) is 0. The zero-order chi connectivity index (χ0) is 16.7. The standard InChI is InChI=1S/C15H17F3INO2/c1-14(2,3)22-13(21)20-8-9(7-15(16,17)18)11-6-10(19)4-5-12(11)20/h4-6,9H,7-8H2,1-3H3. The molecule has 0 radical (unpaired) electrons. The van der Waals surface area contributed by atoms with Gasteiger partial charge in [-0.3, -0.25) is 4.90 Å². The van der Waals surface area contributed by atoms with Gasteiger partial charge in [-0.05, 0) is 67.1 Å². The Morgan fingerprint density at radius 3 is 2.55 bits per heavy atom. The van der Waals surface area contributed by atoms with E-state index >= 15 is 0 Å². The molecule has 3 nitrogen and oxygen atoms in total. The molecule has 122 valence electrons. The van der Waals surface area contributed by atoms with E-state index in [0.717, 1.165) is 3.57 Å². The smallest absolute Gasteiger partial charge is 0.414 e. The minimum Gasteiger partial charge on any atom is -0.443 e. The van der Waals surface area contributed by atoms with Gasteiger partial charge < -0.3 is 4.74 Å². The molecule has 0 saturated heterocycles. The summed E-state index contributed by atoms with van der Waals surface area (Å²) in [6.45, 7) is 5.17. The largest absolute Gasteiger partial charge is 0.443 e. The number of alkyl halides is 3. The number of fused-ring (bicyclic) bond motifs is 1. The van der Waals surface area contributed by atoms with Gasteiger partial charge in [-0.1, -0.05) is 0 Å². The summed E-state index contributed by atoms with van der Waals surface area (Å²) in [6, 6.07) is 5.15. The fraction of sp³-hybridized carbons (Fsp3) is 0.533. The first-order valence-corrected chi connectivity index (χ1v) is 7.91. The van der Waals surface area contributed by atoms with E-state index in [1.807, 2.05) is 0 Å². The predicted octanol–water partition coefficient (Wildman–Crippen LogP) is 5.08. The lowest BCUT2D eigenvalue weighted by atomic mass is 9.98. The Labute approximate surface area is 141 Å². The molecule has 22 heavy (non-hydrogen) atoms. The maximum atomic E-state index is 12.8. The van der Waals surface area contributed by atoms with Gasteiger partial charge in [0.2, 0.25) is 0 Å². The first-order chi connectivity index (χ1) is 9.96. The average Bonchev–Trinajstić information content (AvgIpc) is 2.63. The third-order valence-corrected chi connectivity index (χ3v) is 3.89. The van der Waals surface area contributed by atoms with Crippen molar-refractivity contribution >= 4 is 34.4 Å². The highest BCUT2D eigenvalue weighted by atomic mass is 127. The van der Waals surface area contributed by atoms with Gasteiger partial charge in [0, 0.05) is 16.0 Å². The van der Waals surface area contributed by atoms with Gasteiger partial charge in [0.05, 0.1) is 12.1 Å². The van der Waals surface area contributed by atoms with Crippen LogP contribution in [0.5, 0.6) is 0 Å². The van der Waals surface area contributed by atoms with Crippen molar-refractivity contribution in [2.45, 2.75) is 44.9 Å². The number of rotatable bonds is 1. The number of halogens is 4. The number of hydrogen-bond donors (Lipinski definition) is 0. The molecule has 1 heterocycles. The normalized spacial score (nSPS) is 18.3. The molecule has 7 heteroatoms. The molecule has 1 aromatic carbocycles. The Bertz CT molecular complexity index is 581. The second-order valence-corrected chi connectivity index (χ2v) is 7.56. The van der Waals surface area contributed by atoms with Crippen molar-refractivity contribution in [2.75, 3.05) is 11.4 Å². The summed E-state index contributed by atoms with van der Waals surface area (Å²) >= 11 is 2.05. The summed E-state index contributed by atoms with van der Waals surface area (Å²) in [5.41, 5.74) is 0.363. The van der Waals surface area contributed by atoms with E-state index in [1.54, 1.807) is 39.0 Å². The van der Waals surface area contributed by atoms with Gasteiger partial charge >= 0.3 is 12.3 Å². The van der Waals surface area contributed by atoms with Gasteiger partial charge in [-0.2, -0.15) is 13.2 Å². The minimum absolute atomic E-state index is 0.0101. The number of anilines is 1. The summed E-state index contributed by atoms with van der Waals surface area (Å²) in [6.07, 6.45) is -5.83. The maximum Gasteiger partial charge on any atom is 0.414 e. The molecule has 0 bridgehead atoms. The van der Waals surface area contributed by atoms with Gasteiger partial charge in [0.15, 0.2) is 0 Å². The third-order valence-electron chi connectivity index (χ3n) is 3.21. The fourth-order valence-corrected chi connectivity index (χ4v) is 2.97. The number of hydrogen-bond acceptors (Lipinski definition) is 2. The highest BCUT2D eigenvalue weighted by Gasteiger charge is 2.41. The molecule has 0 N–H and O–H groups in total. The van der Waals surface area contributed by atoms with Gasteiger partial charge in [-0.25, -0.2) is 4.79 Å². The van der Waals surface area contributed by atoms with Crippen LogP contribution in [0, 0.1) is 3.57 Å². The Morgan fingerprint density at radius 1 is 1.36 bits per heavy atom. The third kappa shape index (κ3) is 4.27. The SMILES string of the molecule is CC(C)(C)OC(=O)N1CC(CC(F)(F)F)c2cc(I)ccc21. The summed E-state index contributed by atoms with van der Waals surface area (Å²) in [5.74, 6) is -0.753. The maximum absolute atomic E-state index is 12.8. The van der Waals surface area contributed by atoms with E-state index < -0.39 is 30.2 Å². The van der Waals surface area contributed by atoms with Crippen molar-refractivity contribution in [3.05, 3.63) is 27.3 Å². The Hall–Kier alpha value is -0.990. The monoisotopic (exact) mass is 427 g/mol. The molecule has 0 aromatic heterocycles. The number of amides is 1. The van der Waals surface area contributed by atoms with Crippen molar-refractivity contribution in [2.24, 2.45) is 0 Å². The molecule has 1 unspecified atom stereocenters. The number of carbonyl (C=O) groups is 1. The van der Waals surface area contributed by atoms with E-state index in [0.29, 0.717) is 11.3 Å². The summed E-state index contributed by atoms with van der Waals surface area (Å²) in [4.78, 5) is 13.5. The Balaban J connectivity index is 2.31. The van der Waals surface area contributed by atoms with Crippen LogP contribution in [0.25, 0.3) is 0 Å². The molecular formula is C15H17F3INO2. The lowest BCUT2D eigenvalue weighted by Gasteiger charge is -2.25. The van der Waals surface area contributed by atoms with E-state index in [4.69, 9.17) is 4.74 Å². The van der Waals surface area contributed by atoms with E-state index in [1.165, 1.54) is 4.90 Å². The van der Waals surface area contributed by atoms with Gasteiger partial charge in [-0.15, -0.1) is 0 Å². The molecule has 2 rings (SSSR count). The summed E-state index contributed by atoms with van der Waals surface area (Å²) in [5, 5.41) is 0. The van der Waals surface area contributed by atoms with Gasteiger partial charge in [0.25, 0.3) is 0 Å². The number of benzene rings is 1. The quantitative estimate of drug-likeness (QED) is 0.585. The average molecular weight is 427 g/mol. The Morgan fingerprint density at radius 2 is 2.00 bits per heavy atom. The van der Waals surface area contributed by atoms with Crippen LogP contribution in [0.1, 0.15) is 38.7 Å². The van der Waals surface area contributed by atoms with Crippen molar-refractivity contribution in [3.63, 3.8) is 0 Å². The molecule has 1 aliphatic rings. The van der Waals surface area contributed by atoms with Gasteiger partial charge in [0.1, 0.15) is 5.60 Å². The van der Waals surface area contributed by atoms with Crippen LogP contribution in [-0.2, 0) is 4.74 Å². The first kappa shape index (κ1) is 17.4. The molecule has 0 spiro atoms. The number of ether oxygens (including phenoxy) is 1. The van der Waals surface area contributed by atoms with Crippen molar-refractivity contribution in [1.82, 2.24) is 0 Å². The second kappa shape index (κ2) is 5.90. The first-order valence-electron chi connectivity index (χ1n) is 6.83. The lowest BCUT2D eigenvalue weighted by Crippen LogP contribution is -2.36. The highest BCUT2D eigenvalue weighted by Crippen LogP contribution is 2.43. The highest BCUT2D eigenvalue weighted by molar-refractivity contribution is 14.1. The molecule has 1 aromatic rings. The topological polar surface area (TPSA) is 29.5 Å². The van der Waals surface area contributed by atoms with E-state index in [2.05, 4.69) is 22.6 Å². The van der Waals surface area contributed by atoms with Crippen molar-refractivity contribution in [1.29, 1.82) is 0 Å². The number of carbonyl (C=O) groups excluding carboxylic acids is 1. The van der Waals surface area contributed by atoms with Crippen LogP contribution in [-0.4, -0.2) is 24.4 Å². The molecule has 0 saturated carbocycles. The fourth-order valence-electron chi connectivity index (χ4n) is 2.46. The van der Waals surface area contributed by atoms with Crippen LogP contribution in [0.2, 0.25) is 0 Å². The zero-order valence-corrected chi connectivity index (χ0v) is 14.7. The molecule has 0 fully saturated rings. The number of nitrogens with zero attached hydrogens (tertiary/aromatic N) is 1. The van der Waals surface area contributed by atoms with Crippen molar-refractivity contribution < 1.29 is 22.7 Å².